The number of hydrogen-bond donors (Lipinski definition) is 1. The Bertz CT molecular complexity index is 419. The zero-order valence-corrected chi connectivity index (χ0v) is 12.6. The van der Waals surface area contributed by atoms with Crippen molar-refractivity contribution in [1.29, 1.82) is 0 Å². The van der Waals surface area contributed by atoms with E-state index in [2.05, 4.69) is 42.9 Å². The summed E-state index contributed by atoms with van der Waals surface area (Å²) in [5.74, 6) is 1.64. The molecule has 0 radical (unpaired) electrons. The molecule has 2 rings (SSSR count). The molecule has 1 aliphatic heterocycles. The molecule has 1 saturated heterocycles. The van der Waals surface area contributed by atoms with Gasteiger partial charge in [-0.05, 0) is 39.2 Å². The molecule has 1 aromatic heterocycles. The topological polar surface area (TPSA) is 41.1 Å². The molecule has 4 heteroatoms. The van der Waals surface area contributed by atoms with E-state index in [-0.39, 0.29) is 0 Å². The summed E-state index contributed by atoms with van der Waals surface area (Å²) >= 11 is 0. The zero-order valence-electron chi connectivity index (χ0n) is 12.6. The highest BCUT2D eigenvalue weighted by Gasteiger charge is 2.25. The van der Waals surface area contributed by atoms with E-state index < -0.39 is 0 Å². The van der Waals surface area contributed by atoms with E-state index in [9.17, 15) is 0 Å². The van der Waals surface area contributed by atoms with Crippen LogP contribution in [0.4, 0.5) is 5.95 Å². The van der Waals surface area contributed by atoms with Crippen LogP contribution in [0.25, 0.3) is 0 Å². The van der Waals surface area contributed by atoms with Gasteiger partial charge in [-0.25, -0.2) is 9.97 Å². The number of piperidine rings is 1. The van der Waals surface area contributed by atoms with Crippen LogP contribution in [0.2, 0.25) is 0 Å². The van der Waals surface area contributed by atoms with Gasteiger partial charge < -0.3 is 10.2 Å². The lowest BCUT2D eigenvalue weighted by Gasteiger charge is -2.37. The van der Waals surface area contributed by atoms with Crippen molar-refractivity contribution < 1.29 is 0 Å². The second-order valence-electron chi connectivity index (χ2n) is 5.74. The van der Waals surface area contributed by atoms with Crippen LogP contribution in [0, 0.1) is 12.8 Å². The first kappa shape index (κ1) is 14.3. The quantitative estimate of drug-likeness (QED) is 0.905. The standard InChI is InChI=1S/C15H26N4/c1-5-16-8-14-9-17-15(18-13(14)4)19-10-11(2)6-7-12(19)3/h9,11-12,16H,5-8,10H2,1-4H3. The maximum atomic E-state index is 4.71. The van der Waals surface area contributed by atoms with E-state index >= 15 is 0 Å². The molecular formula is C15H26N4. The predicted octanol–water partition coefficient (Wildman–Crippen LogP) is 2.52. The average molecular weight is 262 g/mol. The molecular weight excluding hydrogens is 236 g/mol. The summed E-state index contributed by atoms with van der Waals surface area (Å²) in [4.78, 5) is 11.6. The van der Waals surface area contributed by atoms with Crippen molar-refractivity contribution in [2.45, 2.75) is 53.1 Å². The predicted molar refractivity (Wildman–Crippen MR) is 79.4 cm³/mol. The minimum atomic E-state index is 0.551. The monoisotopic (exact) mass is 262 g/mol. The molecule has 106 valence electrons. The van der Waals surface area contributed by atoms with Crippen LogP contribution in [0.1, 0.15) is 44.9 Å². The first-order valence-corrected chi connectivity index (χ1v) is 7.41. The van der Waals surface area contributed by atoms with Crippen molar-refractivity contribution in [3.05, 3.63) is 17.5 Å². The Labute approximate surface area is 116 Å². The van der Waals surface area contributed by atoms with E-state index in [1.54, 1.807) is 0 Å². The van der Waals surface area contributed by atoms with Crippen LogP contribution in [-0.4, -0.2) is 29.1 Å². The number of hydrogen-bond acceptors (Lipinski definition) is 4. The first-order chi connectivity index (χ1) is 9.11. The third kappa shape index (κ3) is 3.44. The molecule has 1 fully saturated rings. The van der Waals surface area contributed by atoms with Crippen molar-refractivity contribution in [2.75, 3.05) is 18.0 Å². The third-order valence-corrected chi connectivity index (χ3v) is 4.01. The molecule has 19 heavy (non-hydrogen) atoms. The molecule has 2 heterocycles. The second kappa shape index (κ2) is 6.33. The Morgan fingerprint density at radius 1 is 1.37 bits per heavy atom. The molecule has 0 saturated carbocycles. The SMILES string of the molecule is CCNCc1cnc(N2CC(C)CCC2C)nc1C. The number of nitrogens with zero attached hydrogens (tertiary/aromatic N) is 3. The van der Waals surface area contributed by atoms with Crippen LogP contribution in [-0.2, 0) is 6.54 Å². The van der Waals surface area contributed by atoms with Crippen molar-refractivity contribution >= 4 is 5.95 Å². The highest BCUT2D eigenvalue weighted by Crippen LogP contribution is 2.25. The Morgan fingerprint density at radius 2 is 2.16 bits per heavy atom. The summed E-state index contributed by atoms with van der Waals surface area (Å²) in [6, 6.07) is 0.551. The fraction of sp³-hybridized carbons (Fsp3) is 0.733. The highest BCUT2D eigenvalue weighted by atomic mass is 15.3. The number of aryl methyl sites for hydroxylation is 1. The van der Waals surface area contributed by atoms with Crippen LogP contribution in [0.15, 0.2) is 6.20 Å². The molecule has 2 atom stereocenters. The van der Waals surface area contributed by atoms with Gasteiger partial charge in [-0.15, -0.1) is 0 Å². The van der Waals surface area contributed by atoms with Gasteiger partial charge in [0.2, 0.25) is 5.95 Å². The van der Waals surface area contributed by atoms with Crippen LogP contribution in [0.3, 0.4) is 0 Å². The van der Waals surface area contributed by atoms with Gasteiger partial charge >= 0.3 is 0 Å². The highest BCUT2D eigenvalue weighted by molar-refractivity contribution is 5.35. The normalized spacial score (nSPS) is 23.7. The number of rotatable bonds is 4. The Kier molecular flexibility index (Phi) is 4.75. The summed E-state index contributed by atoms with van der Waals surface area (Å²) in [6.07, 6.45) is 4.53. The van der Waals surface area contributed by atoms with E-state index in [4.69, 9.17) is 4.98 Å². The van der Waals surface area contributed by atoms with Crippen LogP contribution in [0.5, 0.6) is 0 Å². The molecule has 0 amide bonds. The maximum absolute atomic E-state index is 4.71. The first-order valence-electron chi connectivity index (χ1n) is 7.41. The van der Waals surface area contributed by atoms with Gasteiger partial charge in [-0.1, -0.05) is 13.8 Å². The summed E-state index contributed by atoms with van der Waals surface area (Å²) < 4.78 is 0. The van der Waals surface area contributed by atoms with Gasteiger partial charge in [0, 0.05) is 36.6 Å². The molecule has 0 bridgehead atoms. The zero-order chi connectivity index (χ0) is 13.8. The van der Waals surface area contributed by atoms with E-state index in [0.29, 0.717) is 6.04 Å². The van der Waals surface area contributed by atoms with E-state index in [0.717, 1.165) is 37.2 Å². The minimum absolute atomic E-state index is 0.551. The summed E-state index contributed by atoms with van der Waals surface area (Å²) in [7, 11) is 0. The van der Waals surface area contributed by atoms with Crippen LogP contribution >= 0.6 is 0 Å². The van der Waals surface area contributed by atoms with Gasteiger partial charge in [0.1, 0.15) is 0 Å². The van der Waals surface area contributed by atoms with Gasteiger partial charge in [0.05, 0.1) is 0 Å². The summed E-state index contributed by atoms with van der Waals surface area (Å²) in [6.45, 7) is 11.7. The number of anilines is 1. The van der Waals surface area contributed by atoms with Crippen LogP contribution < -0.4 is 10.2 Å². The molecule has 1 aromatic rings. The molecule has 0 aliphatic carbocycles. The maximum Gasteiger partial charge on any atom is 0.225 e. The van der Waals surface area contributed by atoms with Gasteiger partial charge in [-0.3, -0.25) is 0 Å². The van der Waals surface area contributed by atoms with Gasteiger partial charge in [-0.2, -0.15) is 0 Å². The number of nitrogens with one attached hydrogen (secondary N) is 1. The molecule has 0 spiro atoms. The molecule has 4 nitrogen and oxygen atoms in total. The molecule has 2 unspecified atom stereocenters. The summed E-state index contributed by atoms with van der Waals surface area (Å²) in [5, 5.41) is 3.33. The third-order valence-electron chi connectivity index (χ3n) is 4.01. The largest absolute Gasteiger partial charge is 0.338 e. The smallest absolute Gasteiger partial charge is 0.225 e. The molecule has 1 aliphatic rings. The lowest BCUT2D eigenvalue weighted by Crippen LogP contribution is -2.42. The number of aromatic nitrogens is 2. The van der Waals surface area contributed by atoms with Gasteiger partial charge in [0.15, 0.2) is 0 Å². The fourth-order valence-corrected chi connectivity index (χ4v) is 2.62. The lowest BCUT2D eigenvalue weighted by atomic mass is 9.95. The Morgan fingerprint density at radius 3 is 2.84 bits per heavy atom. The van der Waals surface area contributed by atoms with E-state index in [1.807, 2.05) is 6.20 Å². The van der Waals surface area contributed by atoms with Crippen molar-refractivity contribution in [3.8, 4) is 0 Å². The average Bonchev–Trinajstić information content (AvgIpc) is 2.40. The van der Waals surface area contributed by atoms with E-state index in [1.165, 1.54) is 18.4 Å². The lowest BCUT2D eigenvalue weighted by molar-refractivity contribution is 0.385. The fourth-order valence-electron chi connectivity index (χ4n) is 2.62. The van der Waals surface area contributed by atoms with Crippen molar-refractivity contribution in [3.63, 3.8) is 0 Å². The van der Waals surface area contributed by atoms with Crippen molar-refractivity contribution in [1.82, 2.24) is 15.3 Å². The molecule has 0 aromatic carbocycles. The molecule has 1 N–H and O–H groups in total. The summed E-state index contributed by atoms with van der Waals surface area (Å²) in [5.41, 5.74) is 2.29. The van der Waals surface area contributed by atoms with Crippen molar-refractivity contribution in [2.24, 2.45) is 5.92 Å². The second-order valence-corrected chi connectivity index (χ2v) is 5.74. The van der Waals surface area contributed by atoms with Gasteiger partial charge in [0.25, 0.3) is 0 Å². The Balaban J connectivity index is 2.14. The Hall–Kier alpha value is -1.16. The minimum Gasteiger partial charge on any atom is -0.338 e.